The first kappa shape index (κ1) is 11.6. The Morgan fingerprint density at radius 2 is 1.94 bits per heavy atom. The maximum atomic E-state index is 5.93. The Morgan fingerprint density at radius 1 is 1.17 bits per heavy atom. The molecule has 0 aromatic heterocycles. The number of hydrogen-bond donors (Lipinski definition) is 1. The van der Waals surface area contributed by atoms with E-state index in [9.17, 15) is 0 Å². The average Bonchev–Trinajstić information content (AvgIpc) is 2.78. The highest BCUT2D eigenvalue weighted by atomic mass is 79.9. The van der Waals surface area contributed by atoms with Crippen molar-refractivity contribution in [2.24, 2.45) is 0 Å². The number of nitrogen functional groups attached to an aromatic ring is 1. The number of fused-ring (bicyclic) bond motifs is 1. The Morgan fingerprint density at radius 3 is 2.78 bits per heavy atom. The lowest BCUT2D eigenvalue weighted by molar-refractivity contribution is 0.995. The summed E-state index contributed by atoms with van der Waals surface area (Å²) in [5, 5.41) is 0. The fourth-order valence-electron chi connectivity index (χ4n) is 2.48. The molecule has 0 atom stereocenters. The molecule has 2 N–H and O–H groups in total. The molecule has 0 aliphatic carbocycles. The highest BCUT2D eigenvalue weighted by Crippen LogP contribution is 2.39. The zero-order valence-corrected chi connectivity index (χ0v) is 11.9. The van der Waals surface area contributed by atoms with Crippen molar-refractivity contribution in [3.8, 4) is 0 Å². The van der Waals surface area contributed by atoms with Gasteiger partial charge in [-0.15, -0.1) is 0 Å². The summed E-state index contributed by atoms with van der Waals surface area (Å²) in [6.45, 7) is 3.08. The lowest BCUT2D eigenvalue weighted by Gasteiger charge is -2.22. The van der Waals surface area contributed by atoms with Crippen molar-refractivity contribution in [3.05, 3.63) is 52.0 Å². The van der Waals surface area contributed by atoms with Gasteiger partial charge in [0.05, 0.1) is 5.69 Å². The zero-order valence-electron chi connectivity index (χ0n) is 10.3. The van der Waals surface area contributed by atoms with Gasteiger partial charge in [0.1, 0.15) is 0 Å². The van der Waals surface area contributed by atoms with Crippen LogP contribution in [0.3, 0.4) is 0 Å². The molecule has 0 spiro atoms. The molecule has 0 radical (unpaired) electrons. The fourth-order valence-corrected chi connectivity index (χ4v) is 3.05. The van der Waals surface area contributed by atoms with Crippen molar-refractivity contribution in [1.82, 2.24) is 0 Å². The Hall–Kier alpha value is -1.48. The van der Waals surface area contributed by atoms with Crippen LogP contribution in [0.5, 0.6) is 0 Å². The first-order valence-corrected chi connectivity index (χ1v) is 6.87. The fraction of sp³-hybridized carbons (Fsp3) is 0.200. The first-order chi connectivity index (χ1) is 8.66. The third-order valence-electron chi connectivity index (χ3n) is 3.51. The number of anilines is 3. The Kier molecular flexibility index (Phi) is 2.78. The molecule has 0 unspecified atom stereocenters. The number of para-hydroxylation sites is 1. The standard InChI is InChI=1S/C15H15BrN2/c1-10-8-15(12(16)9-13(10)17)18-7-6-11-4-2-3-5-14(11)18/h2-5,8-9H,6-7,17H2,1H3. The van der Waals surface area contributed by atoms with Crippen molar-refractivity contribution in [2.75, 3.05) is 17.2 Å². The van der Waals surface area contributed by atoms with Gasteiger partial charge in [-0.05, 0) is 58.6 Å². The smallest absolute Gasteiger partial charge is 0.0559 e. The molecule has 3 rings (SSSR count). The van der Waals surface area contributed by atoms with Crippen LogP contribution in [0.15, 0.2) is 40.9 Å². The number of rotatable bonds is 1. The molecule has 1 aliphatic heterocycles. The van der Waals surface area contributed by atoms with Crippen LogP contribution in [0.25, 0.3) is 0 Å². The second kappa shape index (κ2) is 4.32. The lowest BCUT2D eigenvalue weighted by Crippen LogP contribution is -2.14. The third-order valence-corrected chi connectivity index (χ3v) is 4.15. The van der Waals surface area contributed by atoms with E-state index in [0.717, 1.165) is 28.7 Å². The van der Waals surface area contributed by atoms with Gasteiger partial charge in [-0.1, -0.05) is 18.2 Å². The quantitative estimate of drug-likeness (QED) is 0.806. The molecule has 92 valence electrons. The van der Waals surface area contributed by atoms with Crippen LogP contribution in [0, 0.1) is 6.92 Å². The summed E-state index contributed by atoms with van der Waals surface area (Å²) in [4.78, 5) is 2.35. The van der Waals surface area contributed by atoms with Crippen LogP contribution in [0.4, 0.5) is 17.1 Å². The highest BCUT2D eigenvalue weighted by molar-refractivity contribution is 9.10. The van der Waals surface area contributed by atoms with Crippen LogP contribution in [-0.2, 0) is 6.42 Å². The van der Waals surface area contributed by atoms with Crippen LogP contribution in [-0.4, -0.2) is 6.54 Å². The molecule has 18 heavy (non-hydrogen) atoms. The van der Waals surface area contributed by atoms with Gasteiger partial charge in [-0.25, -0.2) is 0 Å². The van der Waals surface area contributed by atoms with E-state index in [4.69, 9.17) is 5.73 Å². The van der Waals surface area contributed by atoms with Gasteiger partial charge in [0, 0.05) is 22.4 Å². The summed E-state index contributed by atoms with van der Waals surface area (Å²) >= 11 is 3.62. The van der Waals surface area contributed by atoms with E-state index >= 15 is 0 Å². The van der Waals surface area contributed by atoms with E-state index in [1.165, 1.54) is 16.9 Å². The van der Waals surface area contributed by atoms with Crippen LogP contribution in [0.1, 0.15) is 11.1 Å². The van der Waals surface area contributed by atoms with Gasteiger partial charge in [-0.2, -0.15) is 0 Å². The van der Waals surface area contributed by atoms with E-state index in [0.29, 0.717) is 0 Å². The number of nitrogens with two attached hydrogens (primary N) is 1. The molecular formula is C15H15BrN2. The van der Waals surface area contributed by atoms with Crippen molar-refractivity contribution < 1.29 is 0 Å². The molecule has 0 saturated heterocycles. The van der Waals surface area contributed by atoms with Crippen molar-refractivity contribution in [3.63, 3.8) is 0 Å². The van der Waals surface area contributed by atoms with Crippen molar-refractivity contribution in [2.45, 2.75) is 13.3 Å². The van der Waals surface area contributed by atoms with Gasteiger partial charge in [0.25, 0.3) is 0 Å². The summed E-state index contributed by atoms with van der Waals surface area (Å²) in [5.74, 6) is 0. The Balaban J connectivity index is 2.10. The number of benzene rings is 2. The molecule has 1 aliphatic rings. The molecule has 3 heteroatoms. The maximum Gasteiger partial charge on any atom is 0.0559 e. The zero-order chi connectivity index (χ0) is 12.7. The minimum absolute atomic E-state index is 0.832. The molecular weight excluding hydrogens is 288 g/mol. The second-order valence-corrected chi connectivity index (χ2v) is 5.54. The number of halogens is 1. The van der Waals surface area contributed by atoms with Gasteiger partial charge >= 0.3 is 0 Å². The maximum absolute atomic E-state index is 5.93. The molecule has 1 heterocycles. The van der Waals surface area contributed by atoms with Gasteiger partial charge in [0.15, 0.2) is 0 Å². The molecule has 2 aromatic carbocycles. The van der Waals surface area contributed by atoms with Crippen LogP contribution < -0.4 is 10.6 Å². The summed E-state index contributed by atoms with van der Waals surface area (Å²) in [6, 6.07) is 12.7. The Labute approximate surface area is 116 Å². The van der Waals surface area contributed by atoms with Gasteiger partial charge in [-0.3, -0.25) is 0 Å². The molecule has 2 aromatic rings. The molecule has 0 amide bonds. The van der Waals surface area contributed by atoms with E-state index in [1.807, 2.05) is 13.0 Å². The minimum Gasteiger partial charge on any atom is -0.398 e. The number of nitrogens with zero attached hydrogens (tertiary/aromatic N) is 1. The van der Waals surface area contributed by atoms with Gasteiger partial charge < -0.3 is 10.6 Å². The van der Waals surface area contributed by atoms with Crippen LogP contribution in [0.2, 0.25) is 0 Å². The lowest BCUT2D eigenvalue weighted by atomic mass is 10.1. The minimum atomic E-state index is 0.832. The summed E-state index contributed by atoms with van der Waals surface area (Å²) in [7, 11) is 0. The van der Waals surface area contributed by atoms with Crippen molar-refractivity contribution in [1.29, 1.82) is 0 Å². The van der Waals surface area contributed by atoms with Gasteiger partial charge in [0.2, 0.25) is 0 Å². The largest absolute Gasteiger partial charge is 0.398 e. The third kappa shape index (κ3) is 1.79. The second-order valence-electron chi connectivity index (χ2n) is 4.69. The SMILES string of the molecule is Cc1cc(N2CCc3ccccc32)c(Br)cc1N. The monoisotopic (exact) mass is 302 g/mol. The van der Waals surface area contributed by atoms with E-state index in [2.05, 4.69) is 51.2 Å². The molecule has 0 bridgehead atoms. The Bertz CT molecular complexity index is 607. The topological polar surface area (TPSA) is 29.3 Å². The van der Waals surface area contributed by atoms with E-state index in [1.54, 1.807) is 0 Å². The molecule has 0 fully saturated rings. The van der Waals surface area contributed by atoms with E-state index in [-0.39, 0.29) is 0 Å². The summed E-state index contributed by atoms with van der Waals surface area (Å²) in [6.07, 6.45) is 1.10. The normalized spacial score (nSPS) is 13.8. The summed E-state index contributed by atoms with van der Waals surface area (Å²) in [5.41, 5.74) is 11.8. The average molecular weight is 303 g/mol. The highest BCUT2D eigenvalue weighted by Gasteiger charge is 2.21. The number of hydrogen-bond acceptors (Lipinski definition) is 2. The predicted octanol–water partition coefficient (Wildman–Crippen LogP) is 4.03. The van der Waals surface area contributed by atoms with Crippen molar-refractivity contribution >= 4 is 33.0 Å². The molecule has 2 nitrogen and oxygen atoms in total. The predicted molar refractivity (Wildman–Crippen MR) is 80.4 cm³/mol. The molecule has 0 saturated carbocycles. The van der Waals surface area contributed by atoms with E-state index < -0.39 is 0 Å². The van der Waals surface area contributed by atoms with Crippen LogP contribution >= 0.6 is 15.9 Å². The first-order valence-electron chi connectivity index (χ1n) is 6.08. The number of aryl methyl sites for hydroxylation is 1. The summed E-state index contributed by atoms with van der Waals surface area (Å²) < 4.78 is 1.06.